The zero-order valence-corrected chi connectivity index (χ0v) is 12.8. The molecule has 0 aliphatic carbocycles. The summed E-state index contributed by atoms with van der Waals surface area (Å²) in [5.74, 6) is -0.451. The minimum Gasteiger partial charge on any atom is -0.393 e. The number of nitrogens with zero attached hydrogens (tertiary/aromatic N) is 1. The SMILES string of the molecule is CCOCC(=O)N1CCOC(CO)(Cc2cccc(F)c2)C1. The van der Waals surface area contributed by atoms with Crippen molar-refractivity contribution in [2.45, 2.75) is 18.9 Å². The van der Waals surface area contributed by atoms with Crippen LogP contribution in [0.25, 0.3) is 0 Å². The molecule has 1 unspecified atom stereocenters. The first kappa shape index (κ1) is 16.9. The van der Waals surface area contributed by atoms with Crippen molar-refractivity contribution in [3.63, 3.8) is 0 Å². The van der Waals surface area contributed by atoms with Crippen LogP contribution in [0.1, 0.15) is 12.5 Å². The number of ether oxygens (including phenoxy) is 2. The van der Waals surface area contributed by atoms with Crippen LogP contribution < -0.4 is 0 Å². The Kier molecular flexibility index (Phi) is 5.88. The third kappa shape index (κ3) is 4.25. The van der Waals surface area contributed by atoms with Crippen LogP contribution in [-0.2, 0) is 20.7 Å². The number of aliphatic hydroxyl groups is 1. The summed E-state index contributed by atoms with van der Waals surface area (Å²) >= 11 is 0. The molecule has 1 aliphatic rings. The molecule has 1 aromatic rings. The van der Waals surface area contributed by atoms with Gasteiger partial charge < -0.3 is 19.5 Å². The van der Waals surface area contributed by atoms with E-state index in [2.05, 4.69) is 0 Å². The number of halogens is 1. The maximum atomic E-state index is 13.3. The molecule has 6 heteroatoms. The summed E-state index contributed by atoms with van der Waals surface area (Å²) < 4.78 is 24.2. The molecule has 1 saturated heterocycles. The fraction of sp³-hybridized carbons (Fsp3) is 0.562. The second kappa shape index (κ2) is 7.67. The van der Waals surface area contributed by atoms with Crippen molar-refractivity contribution in [2.75, 3.05) is 39.5 Å². The van der Waals surface area contributed by atoms with E-state index in [9.17, 15) is 14.3 Å². The Hall–Kier alpha value is -1.50. The van der Waals surface area contributed by atoms with Gasteiger partial charge in [0, 0.05) is 19.6 Å². The van der Waals surface area contributed by atoms with Gasteiger partial charge in [-0.3, -0.25) is 4.79 Å². The van der Waals surface area contributed by atoms with Crippen LogP contribution in [0, 0.1) is 5.82 Å². The van der Waals surface area contributed by atoms with E-state index >= 15 is 0 Å². The molecule has 122 valence electrons. The second-order valence-electron chi connectivity index (χ2n) is 5.45. The van der Waals surface area contributed by atoms with Gasteiger partial charge in [-0.25, -0.2) is 4.39 Å². The molecule has 0 radical (unpaired) electrons. The summed E-state index contributed by atoms with van der Waals surface area (Å²) in [6, 6.07) is 6.19. The van der Waals surface area contributed by atoms with E-state index in [1.54, 1.807) is 17.0 Å². The Morgan fingerprint density at radius 2 is 2.36 bits per heavy atom. The van der Waals surface area contributed by atoms with Crippen LogP contribution >= 0.6 is 0 Å². The van der Waals surface area contributed by atoms with Gasteiger partial charge >= 0.3 is 0 Å². The Bertz CT molecular complexity index is 511. The molecule has 0 bridgehead atoms. The summed E-state index contributed by atoms with van der Waals surface area (Å²) in [7, 11) is 0. The molecule has 22 heavy (non-hydrogen) atoms. The number of benzene rings is 1. The Morgan fingerprint density at radius 3 is 3.05 bits per heavy atom. The van der Waals surface area contributed by atoms with E-state index in [-0.39, 0.29) is 31.5 Å². The highest BCUT2D eigenvalue weighted by atomic mass is 19.1. The molecule has 0 spiro atoms. The van der Waals surface area contributed by atoms with Crippen molar-refractivity contribution in [3.05, 3.63) is 35.6 Å². The molecule has 0 aromatic heterocycles. The average Bonchev–Trinajstić information content (AvgIpc) is 2.53. The predicted molar refractivity (Wildman–Crippen MR) is 78.9 cm³/mol. The van der Waals surface area contributed by atoms with Gasteiger partial charge in [-0.15, -0.1) is 0 Å². The lowest BCUT2D eigenvalue weighted by Gasteiger charge is -2.41. The van der Waals surface area contributed by atoms with E-state index in [0.717, 1.165) is 5.56 Å². The Morgan fingerprint density at radius 1 is 1.55 bits per heavy atom. The highest BCUT2D eigenvalue weighted by Crippen LogP contribution is 2.23. The second-order valence-corrected chi connectivity index (χ2v) is 5.45. The van der Waals surface area contributed by atoms with Gasteiger partial charge in [0.2, 0.25) is 5.91 Å². The quantitative estimate of drug-likeness (QED) is 0.851. The number of hydrogen-bond acceptors (Lipinski definition) is 4. The molecule has 0 saturated carbocycles. The Balaban J connectivity index is 2.06. The average molecular weight is 311 g/mol. The third-order valence-corrected chi connectivity index (χ3v) is 3.73. The first-order valence-electron chi connectivity index (χ1n) is 7.43. The van der Waals surface area contributed by atoms with Crippen LogP contribution in [0.5, 0.6) is 0 Å². The highest BCUT2D eigenvalue weighted by Gasteiger charge is 2.38. The molecular weight excluding hydrogens is 289 g/mol. The normalized spacial score (nSPS) is 21.9. The summed E-state index contributed by atoms with van der Waals surface area (Å²) in [5, 5.41) is 9.76. The zero-order valence-electron chi connectivity index (χ0n) is 12.8. The number of morpholine rings is 1. The van der Waals surface area contributed by atoms with Crippen molar-refractivity contribution < 1.29 is 23.8 Å². The first-order valence-corrected chi connectivity index (χ1v) is 7.43. The highest BCUT2D eigenvalue weighted by molar-refractivity contribution is 5.77. The fourth-order valence-corrected chi connectivity index (χ4v) is 2.62. The van der Waals surface area contributed by atoms with Crippen LogP contribution in [0.15, 0.2) is 24.3 Å². The lowest BCUT2D eigenvalue weighted by molar-refractivity contribution is -0.161. The molecule has 1 atom stereocenters. The maximum absolute atomic E-state index is 13.3. The molecule has 1 fully saturated rings. The van der Waals surface area contributed by atoms with Gasteiger partial charge in [-0.1, -0.05) is 12.1 Å². The predicted octanol–water partition coefficient (Wildman–Crippen LogP) is 0.995. The van der Waals surface area contributed by atoms with E-state index in [1.165, 1.54) is 12.1 Å². The van der Waals surface area contributed by atoms with Crippen molar-refractivity contribution in [1.29, 1.82) is 0 Å². The largest absolute Gasteiger partial charge is 0.393 e. The van der Waals surface area contributed by atoms with E-state index in [0.29, 0.717) is 26.2 Å². The topological polar surface area (TPSA) is 59.0 Å². The fourth-order valence-electron chi connectivity index (χ4n) is 2.62. The standard InChI is InChI=1S/C16H22FNO4/c1-2-21-10-15(20)18-6-7-22-16(11-18,12-19)9-13-4-3-5-14(17)8-13/h3-5,8,19H,2,6-7,9-12H2,1H3. The smallest absolute Gasteiger partial charge is 0.248 e. The molecule has 1 heterocycles. The van der Waals surface area contributed by atoms with Crippen LogP contribution in [0.2, 0.25) is 0 Å². The van der Waals surface area contributed by atoms with Gasteiger partial charge in [0.1, 0.15) is 18.0 Å². The number of aliphatic hydroxyl groups excluding tert-OH is 1. The zero-order chi connectivity index (χ0) is 16.0. The van der Waals surface area contributed by atoms with E-state index < -0.39 is 5.60 Å². The molecule has 1 aromatic carbocycles. The lowest BCUT2D eigenvalue weighted by Crippen LogP contribution is -2.57. The number of rotatable bonds is 6. The molecule has 2 rings (SSSR count). The van der Waals surface area contributed by atoms with Gasteiger partial charge in [0.05, 0.1) is 19.8 Å². The van der Waals surface area contributed by atoms with Gasteiger partial charge in [-0.2, -0.15) is 0 Å². The molecule has 1 N–H and O–H groups in total. The minimum atomic E-state index is -0.895. The van der Waals surface area contributed by atoms with Crippen LogP contribution in [0.4, 0.5) is 4.39 Å². The van der Waals surface area contributed by atoms with Crippen LogP contribution in [0.3, 0.4) is 0 Å². The Labute approximate surface area is 129 Å². The molecule has 1 amide bonds. The van der Waals surface area contributed by atoms with Crippen molar-refractivity contribution >= 4 is 5.91 Å². The van der Waals surface area contributed by atoms with Gasteiger partial charge in [0.15, 0.2) is 0 Å². The van der Waals surface area contributed by atoms with Gasteiger partial charge in [-0.05, 0) is 24.6 Å². The summed E-state index contributed by atoms with van der Waals surface area (Å²) in [6.07, 6.45) is 0.347. The maximum Gasteiger partial charge on any atom is 0.248 e. The van der Waals surface area contributed by atoms with Crippen molar-refractivity contribution in [3.8, 4) is 0 Å². The monoisotopic (exact) mass is 311 g/mol. The molecule has 1 aliphatic heterocycles. The van der Waals surface area contributed by atoms with E-state index in [4.69, 9.17) is 9.47 Å². The number of amides is 1. The minimum absolute atomic E-state index is 0.0258. The van der Waals surface area contributed by atoms with E-state index in [1.807, 2.05) is 6.92 Å². The summed E-state index contributed by atoms with van der Waals surface area (Å²) in [5.41, 5.74) is -0.165. The van der Waals surface area contributed by atoms with Gasteiger partial charge in [0.25, 0.3) is 0 Å². The summed E-state index contributed by atoms with van der Waals surface area (Å²) in [4.78, 5) is 13.7. The lowest BCUT2D eigenvalue weighted by atomic mass is 9.93. The van der Waals surface area contributed by atoms with Crippen LogP contribution in [-0.4, -0.2) is 61.0 Å². The van der Waals surface area contributed by atoms with Crippen molar-refractivity contribution in [1.82, 2.24) is 4.90 Å². The third-order valence-electron chi connectivity index (χ3n) is 3.73. The first-order chi connectivity index (χ1) is 10.6. The number of hydrogen-bond donors (Lipinski definition) is 1. The number of carbonyl (C=O) groups excluding carboxylic acids is 1. The molecule has 5 nitrogen and oxygen atoms in total. The molecular formula is C16H22FNO4. The summed E-state index contributed by atoms with van der Waals surface area (Å²) in [6.45, 7) is 3.18. The number of carbonyl (C=O) groups is 1. The van der Waals surface area contributed by atoms with Crippen molar-refractivity contribution in [2.24, 2.45) is 0 Å².